The number of ether oxygens (including phenoxy) is 1. The Hall–Kier alpha value is -1.60. The molecule has 1 aromatic heterocycles. The monoisotopic (exact) mass is 352 g/mol. The van der Waals surface area contributed by atoms with Gasteiger partial charge in [-0.2, -0.15) is 0 Å². The van der Waals surface area contributed by atoms with E-state index in [1.54, 1.807) is 11.3 Å². The largest absolute Gasteiger partial charge is 0.467 e. The van der Waals surface area contributed by atoms with Crippen LogP contribution in [0.1, 0.15) is 20.3 Å². The summed E-state index contributed by atoms with van der Waals surface area (Å²) in [7, 11) is 1.33. The van der Waals surface area contributed by atoms with Crippen LogP contribution in [0.25, 0.3) is 10.2 Å². The Bertz CT molecular complexity index is 654. The lowest BCUT2D eigenvalue weighted by molar-refractivity contribution is -0.146. The van der Waals surface area contributed by atoms with Crippen molar-refractivity contribution in [1.82, 2.24) is 10.3 Å². The van der Waals surface area contributed by atoms with Crippen LogP contribution < -0.4 is 5.32 Å². The van der Waals surface area contributed by atoms with E-state index in [2.05, 4.69) is 10.3 Å². The zero-order chi connectivity index (χ0) is 16.8. The zero-order valence-electron chi connectivity index (χ0n) is 13.4. The van der Waals surface area contributed by atoms with Gasteiger partial charge < -0.3 is 10.1 Å². The molecule has 1 amide bonds. The number of methoxy groups -OCH3 is 1. The van der Waals surface area contributed by atoms with Crippen LogP contribution in [-0.2, 0) is 14.3 Å². The third kappa shape index (κ3) is 4.68. The van der Waals surface area contributed by atoms with E-state index < -0.39 is 12.0 Å². The summed E-state index contributed by atoms with van der Waals surface area (Å²) < 4.78 is 6.71. The molecule has 1 heterocycles. The van der Waals surface area contributed by atoms with Gasteiger partial charge in [0, 0.05) is 0 Å². The topological polar surface area (TPSA) is 68.3 Å². The molecular weight excluding hydrogens is 332 g/mol. The van der Waals surface area contributed by atoms with E-state index in [0.717, 1.165) is 21.0 Å². The molecule has 23 heavy (non-hydrogen) atoms. The van der Waals surface area contributed by atoms with Crippen LogP contribution in [0.3, 0.4) is 0 Å². The molecule has 1 aromatic carbocycles. The molecule has 5 nitrogen and oxygen atoms in total. The highest BCUT2D eigenvalue weighted by molar-refractivity contribution is 8.01. The molecule has 1 N–H and O–H groups in total. The van der Waals surface area contributed by atoms with Gasteiger partial charge in [0.15, 0.2) is 4.34 Å². The van der Waals surface area contributed by atoms with E-state index in [4.69, 9.17) is 4.74 Å². The van der Waals surface area contributed by atoms with Crippen LogP contribution >= 0.6 is 23.1 Å². The van der Waals surface area contributed by atoms with Crippen molar-refractivity contribution in [3.8, 4) is 0 Å². The third-order valence-corrected chi connectivity index (χ3v) is 5.76. The molecule has 2 atom stereocenters. The number of fused-ring (bicyclic) bond motifs is 1. The maximum Gasteiger partial charge on any atom is 0.328 e. The van der Waals surface area contributed by atoms with Gasteiger partial charge >= 0.3 is 5.97 Å². The molecule has 0 aliphatic carbocycles. The van der Waals surface area contributed by atoms with Crippen LogP contribution in [-0.4, -0.2) is 35.8 Å². The number of para-hydroxylation sites is 1. The van der Waals surface area contributed by atoms with Gasteiger partial charge in [-0.1, -0.05) is 44.2 Å². The summed E-state index contributed by atoms with van der Waals surface area (Å²) >= 11 is 2.94. The number of hydrogen-bond donors (Lipinski definition) is 1. The second-order valence-electron chi connectivity index (χ2n) is 5.19. The molecule has 0 unspecified atom stereocenters. The molecule has 0 saturated carbocycles. The van der Waals surface area contributed by atoms with Crippen LogP contribution in [0.4, 0.5) is 0 Å². The zero-order valence-corrected chi connectivity index (χ0v) is 15.0. The molecule has 0 radical (unpaired) electrons. The maximum absolute atomic E-state index is 12.1. The van der Waals surface area contributed by atoms with Crippen LogP contribution in [0.2, 0.25) is 0 Å². The van der Waals surface area contributed by atoms with Crippen molar-refractivity contribution in [3.63, 3.8) is 0 Å². The Morgan fingerprint density at radius 2 is 2.13 bits per heavy atom. The first-order valence-electron chi connectivity index (χ1n) is 7.40. The highest BCUT2D eigenvalue weighted by Crippen LogP contribution is 2.29. The van der Waals surface area contributed by atoms with Gasteiger partial charge in [0.1, 0.15) is 6.04 Å². The van der Waals surface area contributed by atoms with E-state index in [1.807, 2.05) is 38.1 Å². The molecular formula is C16H20N2O3S2. The molecule has 124 valence electrons. The summed E-state index contributed by atoms with van der Waals surface area (Å²) in [6.07, 6.45) is 0.783. The summed E-state index contributed by atoms with van der Waals surface area (Å²) in [6, 6.07) is 7.26. The minimum atomic E-state index is -0.603. The summed E-state index contributed by atoms with van der Waals surface area (Å²) in [5, 5.41) is 2.76. The molecule has 2 rings (SSSR count). The Labute approximate surface area is 143 Å². The fourth-order valence-electron chi connectivity index (χ4n) is 2.05. The lowest BCUT2D eigenvalue weighted by atomic mass is 9.99. The lowest BCUT2D eigenvalue weighted by Crippen LogP contribution is -2.46. The number of carbonyl (C=O) groups is 2. The SMILES string of the molecule is CC[C@@H](C)[C@H](NC(=O)CSc1nc2ccccc2s1)C(=O)OC. The van der Waals surface area contributed by atoms with E-state index >= 15 is 0 Å². The van der Waals surface area contributed by atoms with Gasteiger partial charge in [0.2, 0.25) is 5.91 Å². The van der Waals surface area contributed by atoms with Crippen LogP contribution in [0.15, 0.2) is 28.6 Å². The van der Waals surface area contributed by atoms with Crippen molar-refractivity contribution in [2.75, 3.05) is 12.9 Å². The number of hydrogen-bond acceptors (Lipinski definition) is 6. The Morgan fingerprint density at radius 1 is 1.39 bits per heavy atom. The number of aromatic nitrogens is 1. The number of esters is 1. The maximum atomic E-state index is 12.1. The minimum absolute atomic E-state index is 0.0267. The summed E-state index contributed by atoms with van der Waals surface area (Å²) in [5.74, 6) is -0.342. The molecule has 0 aliphatic heterocycles. The normalized spacial score (nSPS) is 13.5. The fourth-order valence-corrected chi connectivity index (χ4v) is 3.93. The number of benzene rings is 1. The quantitative estimate of drug-likeness (QED) is 0.612. The van der Waals surface area contributed by atoms with Crippen molar-refractivity contribution in [2.24, 2.45) is 5.92 Å². The molecule has 0 saturated heterocycles. The predicted octanol–water partition coefficient (Wildman–Crippen LogP) is 3.09. The molecule has 0 fully saturated rings. The minimum Gasteiger partial charge on any atom is -0.467 e. The van der Waals surface area contributed by atoms with Gasteiger partial charge in [0.25, 0.3) is 0 Å². The molecule has 0 aliphatic rings. The standard InChI is InChI=1S/C16H20N2O3S2/c1-4-10(2)14(15(20)21-3)18-13(19)9-22-16-17-11-7-5-6-8-12(11)23-16/h5-8,10,14H,4,9H2,1-3H3,(H,18,19)/t10-,14+/m1/s1. The third-order valence-electron chi connectivity index (χ3n) is 3.59. The van der Waals surface area contributed by atoms with Gasteiger partial charge in [-0.25, -0.2) is 9.78 Å². The van der Waals surface area contributed by atoms with E-state index in [0.29, 0.717) is 0 Å². The number of rotatable bonds is 7. The highest BCUT2D eigenvalue weighted by atomic mass is 32.2. The second-order valence-corrected chi connectivity index (χ2v) is 7.44. The number of carbonyl (C=O) groups excluding carboxylic acids is 2. The lowest BCUT2D eigenvalue weighted by Gasteiger charge is -2.21. The highest BCUT2D eigenvalue weighted by Gasteiger charge is 2.26. The summed E-state index contributed by atoms with van der Waals surface area (Å²) in [4.78, 5) is 28.4. The van der Waals surface area contributed by atoms with Crippen molar-refractivity contribution in [3.05, 3.63) is 24.3 Å². The number of nitrogens with zero attached hydrogens (tertiary/aromatic N) is 1. The fraction of sp³-hybridized carbons (Fsp3) is 0.438. The van der Waals surface area contributed by atoms with Crippen LogP contribution in [0.5, 0.6) is 0 Å². The van der Waals surface area contributed by atoms with Crippen molar-refractivity contribution >= 4 is 45.2 Å². The smallest absolute Gasteiger partial charge is 0.328 e. The van der Waals surface area contributed by atoms with E-state index in [9.17, 15) is 9.59 Å². The number of amides is 1. The Morgan fingerprint density at radius 3 is 2.78 bits per heavy atom. The van der Waals surface area contributed by atoms with E-state index in [-0.39, 0.29) is 17.6 Å². The molecule has 7 heteroatoms. The van der Waals surface area contributed by atoms with Crippen molar-refractivity contribution < 1.29 is 14.3 Å². The summed E-state index contributed by atoms with van der Waals surface area (Å²) in [5.41, 5.74) is 0.937. The molecule has 2 aromatic rings. The van der Waals surface area contributed by atoms with Gasteiger partial charge in [-0.3, -0.25) is 4.79 Å². The molecule has 0 bridgehead atoms. The average Bonchev–Trinajstić information content (AvgIpc) is 2.99. The average molecular weight is 352 g/mol. The van der Waals surface area contributed by atoms with Gasteiger partial charge in [-0.05, 0) is 18.1 Å². The van der Waals surface area contributed by atoms with E-state index in [1.165, 1.54) is 18.9 Å². The van der Waals surface area contributed by atoms with Gasteiger partial charge in [-0.15, -0.1) is 11.3 Å². The Kier molecular flexibility index (Phi) is 6.41. The first kappa shape index (κ1) is 17.7. The van der Waals surface area contributed by atoms with Crippen molar-refractivity contribution in [1.29, 1.82) is 0 Å². The van der Waals surface area contributed by atoms with Crippen molar-refractivity contribution in [2.45, 2.75) is 30.6 Å². The first-order valence-corrected chi connectivity index (χ1v) is 9.21. The number of nitrogens with one attached hydrogen (secondary N) is 1. The number of thiazole rings is 1. The summed E-state index contributed by atoms with van der Waals surface area (Å²) in [6.45, 7) is 3.89. The van der Waals surface area contributed by atoms with Gasteiger partial charge in [0.05, 0.1) is 23.1 Å². The Balaban J connectivity index is 1.94. The second kappa shape index (κ2) is 8.31. The molecule has 0 spiro atoms. The number of thioether (sulfide) groups is 1. The van der Waals surface area contributed by atoms with Crippen LogP contribution in [0, 0.1) is 5.92 Å². The first-order chi connectivity index (χ1) is 11.0. The predicted molar refractivity (Wildman–Crippen MR) is 93.7 cm³/mol.